The van der Waals surface area contributed by atoms with E-state index < -0.39 is 0 Å². The Morgan fingerprint density at radius 2 is 2.05 bits per heavy atom. The molecule has 1 amide bonds. The number of ether oxygens (including phenoxy) is 1. The van der Waals surface area contributed by atoms with E-state index in [1.165, 1.54) is 0 Å². The quantitative estimate of drug-likeness (QED) is 0.904. The second kappa shape index (κ2) is 8.39. The van der Waals surface area contributed by atoms with Crippen molar-refractivity contribution in [2.24, 2.45) is 11.7 Å². The maximum Gasteiger partial charge on any atom is 0.254 e. The average Bonchev–Trinajstić information content (AvgIpc) is 2.88. The van der Waals surface area contributed by atoms with Crippen molar-refractivity contribution in [3.63, 3.8) is 0 Å². The van der Waals surface area contributed by atoms with Crippen LogP contribution in [0.15, 0.2) is 24.3 Å². The van der Waals surface area contributed by atoms with E-state index in [2.05, 4.69) is 13.8 Å². The zero-order chi connectivity index (χ0) is 15.4. The van der Waals surface area contributed by atoms with Crippen LogP contribution in [0.1, 0.15) is 44.0 Å². The van der Waals surface area contributed by atoms with Crippen LogP contribution < -0.4 is 10.5 Å². The summed E-state index contributed by atoms with van der Waals surface area (Å²) in [5, 5.41) is 0. The minimum absolute atomic E-state index is 0. The van der Waals surface area contributed by atoms with Crippen LogP contribution in [-0.4, -0.2) is 36.0 Å². The highest BCUT2D eigenvalue weighted by molar-refractivity contribution is 5.94. The van der Waals surface area contributed by atoms with Gasteiger partial charge in [0.1, 0.15) is 5.75 Å². The van der Waals surface area contributed by atoms with Crippen LogP contribution in [0.4, 0.5) is 0 Å². The lowest BCUT2D eigenvalue weighted by molar-refractivity contribution is 0.0743. The molecule has 4 nitrogen and oxygen atoms in total. The number of nitrogens with two attached hydrogens (primary N) is 1. The molecule has 2 rings (SSSR count). The summed E-state index contributed by atoms with van der Waals surface area (Å²) in [5.41, 5.74) is 6.44. The monoisotopic (exact) mass is 326 g/mol. The standard InChI is InChI=1S/C17H26N2O2.ClH/c1-4-13(3)21-16-7-5-15(6-8-16)17(20)19-11-14(10-18)9-12(19)2;/h5-8,12-14H,4,9-11,18H2,1-3H3;1H. The van der Waals surface area contributed by atoms with Gasteiger partial charge in [0.25, 0.3) is 5.91 Å². The Morgan fingerprint density at radius 3 is 2.55 bits per heavy atom. The summed E-state index contributed by atoms with van der Waals surface area (Å²) in [6.45, 7) is 7.63. The second-order valence-electron chi connectivity index (χ2n) is 6.01. The van der Waals surface area contributed by atoms with E-state index >= 15 is 0 Å². The highest BCUT2D eigenvalue weighted by Crippen LogP contribution is 2.25. The Labute approximate surface area is 139 Å². The Morgan fingerprint density at radius 1 is 1.41 bits per heavy atom. The van der Waals surface area contributed by atoms with Crippen molar-refractivity contribution in [3.8, 4) is 5.75 Å². The van der Waals surface area contributed by atoms with Gasteiger partial charge in [-0.25, -0.2) is 0 Å². The molecule has 1 fully saturated rings. The van der Waals surface area contributed by atoms with Crippen molar-refractivity contribution in [2.45, 2.75) is 45.8 Å². The van der Waals surface area contributed by atoms with Gasteiger partial charge in [-0.3, -0.25) is 4.79 Å². The smallest absolute Gasteiger partial charge is 0.254 e. The molecule has 3 unspecified atom stereocenters. The molecule has 124 valence electrons. The van der Waals surface area contributed by atoms with Crippen molar-refractivity contribution < 1.29 is 9.53 Å². The number of carbonyl (C=O) groups excluding carboxylic acids is 1. The number of benzene rings is 1. The fraction of sp³-hybridized carbons (Fsp3) is 0.588. The summed E-state index contributed by atoms with van der Waals surface area (Å²) in [5.74, 6) is 1.33. The number of nitrogens with zero attached hydrogens (tertiary/aromatic N) is 1. The molecule has 3 atom stereocenters. The lowest BCUT2D eigenvalue weighted by Gasteiger charge is -2.22. The van der Waals surface area contributed by atoms with Crippen LogP contribution in [0.3, 0.4) is 0 Å². The minimum atomic E-state index is 0. The van der Waals surface area contributed by atoms with E-state index in [9.17, 15) is 4.79 Å². The summed E-state index contributed by atoms with van der Waals surface area (Å²) in [7, 11) is 0. The number of hydrogen-bond acceptors (Lipinski definition) is 3. The highest BCUT2D eigenvalue weighted by Gasteiger charge is 2.31. The molecule has 0 saturated carbocycles. The van der Waals surface area contributed by atoms with Gasteiger partial charge in [0.2, 0.25) is 0 Å². The Hall–Kier alpha value is -1.26. The van der Waals surface area contributed by atoms with E-state index in [1.807, 2.05) is 36.1 Å². The van der Waals surface area contributed by atoms with Crippen molar-refractivity contribution in [1.29, 1.82) is 0 Å². The Balaban J connectivity index is 0.00000242. The maximum absolute atomic E-state index is 12.6. The van der Waals surface area contributed by atoms with Crippen molar-refractivity contribution >= 4 is 18.3 Å². The fourth-order valence-corrected chi connectivity index (χ4v) is 2.75. The summed E-state index contributed by atoms with van der Waals surface area (Å²) in [6, 6.07) is 7.72. The Kier molecular flexibility index (Phi) is 7.17. The molecule has 1 aromatic rings. The molecule has 0 spiro atoms. The van der Waals surface area contributed by atoms with E-state index in [1.54, 1.807) is 0 Å². The van der Waals surface area contributed by atoms with Crippen molar-refractivity contribution in [2.75, 3.05) is 13.1 Å². The number of amides is 1. The van der Waals surface area contributed by atoms with Crippen LogP contribution in [0, 0.1) is 5.92 Å². The molecule has 22 heavy (non-hydrogen) atoms. The molecule has 0 aliphatic carbocycles. The van der Waals surface area contributed by atoms with E-state index in [0.717, 1.165) is 30.7 Å². The predicted molar refractivity (Wildman–Crippen MR) is 91.7 cm³/mol. The Bertz CT molecular complexity index is 478. The van der Waals surface area contributed by atoms with Gasteiger partial charge in [-0.2, -0.15) is 0 Å². The molecular weight excluding hydrogens is 300 g/mol. The van der Waals surface area contributed by atoms with Gasteiger partial charge in [-0.05, 0) is 63.4 Å². The first kappa shape index (κ1) is 18.8. The largest absolute Gasteiger partial charge is 0.491 e. The molecule has 5 heteroatoms. The van der Waals surface area contributed by atoms with Gasteiger partial charge in [-0.1, -0.05) is 6.92 Å². The third kappa shape index (κ3) is 4.37. The van der Waals surface area contributed by atoms with E-state index in [-0.39, 0.29) is 30.5 Å². The summed E-state index contributed by atoms with van der Waals surface area (Å²) in [4.78, 5) is 14.5. The molecule has 1 saturated heterocycles. The van der Waals surface area contributed by atoms with Crippen LogP contribution >= 0.6 is 12.4 Å². The average molecular weight is 327 g/mol. The SMILES string of the molecule is CCC(C)Oc1ccc(C(=O)N2CC(CN)CC2C)cc1.Cl. The number of hydrogen-bond donors (Lipinski definition) is 1. The molecule has 0 radical (unpaired) electrons. The molecule has 1 heterocycles. The predicted octanol–water partition coefficient (Wildman–Crippen LogP) is 3.10. The van der Waals surface area contributed by atoms with Gasteiger partial charge >= 0.3 is 0 Å². The lowest BCUT2D eigenvalue weighted by atomic mass is 10.1. The third-order valence-electron chi connectivity index (χ3n) is 4.27. The zero-order valence-electron chi connectivity index (χ0n) is 13.6. The lowest BCUT2D eigenvalue weighted by Crippen LogP contribution is -2.34. The van der Waals surface area contributed by atoms with E-state index in [4.69, 9.17) is 10.5 Å². The van der Waals surface area contributed by atoms with Gasteiger partial charge in [-0.15, -0.1) is 12.4 Å². The number of rotatable bonds is 5. The summed E-state index contributed by atoms with van der Waals surface area (Å²) >= 11 is 0. The molecule has 1 aromatic carbocycles. The zero-order valence-corrected chi connectivity index (χ0v) is 14.4. The van der Waals surface area contributed by atoms with Crippen LogP contribution in [0.5, 0.6) is 5.75 Å². The summed E-state index contributed by atoms with van der Waals surface area (Å²) in [6.07, 6.45) is 2.15. The first-order valence-corrected chi connectivity index (χ1v) is 7.82. The minimum Gasteiger partial charge on any atom is -0.491 e. The number of likely N-dealkylation sites (tertiary alicyclic amines) is 1. The molecular formula is C17H27ClN2O2. The number of carbonyl (C=O) groups is 1. The van der Waals surface area contributed by atoms with Gasteiger partial charge in [0, 0.05) is 18.2 Å². The van der Waals surface area contributed by atoms with Gasteiger partial charge in [0.15, 0.2) is 0 Å². The molecule has 2 N–H and O–H groups in total. The molecule has 0 bridgehead atoms. The first-order chi connectivity index (χ1) is 10.0. The third-order valence-corrected chi connectivity index (χ3v) is 4.27. The van der Waals surface area contributed by atoms with E-state index in [0.29, 0.717) is 12.5 Å². The van der Waals surface area contributed by atoms with Crippen LogP contribution in [0.2, 0.25) is 0 Å². The maximum atomic E-state index is 12.6. The molecule has 1 aliphatic rings. The van der Waals surface area contributed by atoms with Crippen molar-refractivity contribution in [3.05, 3.63) is 29.8 Å². The van der Waals surface area contributed by atoms with Crippen LogP contribution in [-0.2, 0) is 0 Å². The second-order valence-corrected chi connectivity index (χ2v) is 6.01. The van der Waals surface area contributed by atoms with Gasteiger partial charge in [0.05, 0.1) is 6.10 Å². The molecule has 0 aromatic heterocycles. The fourth-order valence-electron chi connectivity index (χ4n) is 2.75. The number of halogens is 1. The topological polar surface area (TPSA) is 55.6 Å². The summed E-state index contributed by atoms with van der Waals surface area (Å²) < 4.78 is 5.74. The van der Waals surface area contributed by atoms with Crippen molar-refractivity contribution in [1.82, 2.24) is 4.90 Å². The van der Waals surface area contributed by atoms with Gasteiger partial charge < -0.3 is 15.4 Å². The molecule has 1 aliphatic heterocycles. The highest BCUT2D eigenvalue weighted by atomic mass is 35.5. The normalized spacial score (nSPS) is 22.1. The van der Waals surface area contributed by atoms with Crippen LogP contribution in [0.25, 0.3) is 0 Å². The first-order valence-electron chi connectivity index (χ1n) is 7.82.